The molecule has 1 unspecified atom stereocenters. The Balaban J connectivity index is 1.40. The fourth-order valence-electron chi connectivity index (χ4n) is 4.64. The minimum absolute atomic E-state index is 0.0259. The maximum absolute atomic E-state index is 12.9. The lowest BCUT2D eigenvalue weighted by Crippen LogP contribution is -2.43. The molecule has 8 nitrogen and oxygen atoms in total. The summed E-state index contributed by atoms with van der Waals surface area (Å²) in [6.45, 7) is 7.64. The SMILES string of the molecule is Cc1ccc(CNC(=O)C2CCCN(c3nnc(C)c4c(C)n(-c5ccc(Cl)cc5)nc34)C2)o1. The van der Waals surface area contributed by atoms with Crippen LogP contribution < -0.4 is 10.2 Å². The number of nitrogens with one attached hydrogen (secondary N) is 1. The van der Waals surface area contributed by atoms with Gasteiger partial charge in [0.2, 0.25) is 5.91 Å². The Morgan fingerprint density at radius 1 is 1.15 bits per heavy atom. The number of piperidine rings is 1. The maximum atomic E-state index is 12.9. The number of aryl methyl sites for hydroxylation is 3. The fourth-order valence-corrected chi connectivity index (χ4v) is 4.77. The van der Waals surface area contributed by atoms with E-state index in [0.717, 1.165) is 64.7 Å². The van der Waals surface area contributed by atoms with E-state index >= 15 is 0 Å². The highest BCUT2D eigenvalue weighted by Gasteiger charge is 2.29. The summed E-state index contributed by atoms with van der Waals surface area (Å²) in [5.74, 6) is 2.20. The number of rotatable bonds is 5. The van der Waals surface area contributed by atoms with Gasteiger partial charge in [-0.2, -0.15) is 10.2 Å². The van der Waals surface area contributed by atoms with E-state index in [1.807, 2.05) is 61.9 Å². The summed E-state index contributed by atoms with van der Waals surface area (Å²) in [5, 5.41) is 18.5. The van der Waals surface area contributed by atoms with Gasteiger partial charge in [0.1, 0.15) is 17.0 Å². The Hall–Kier alpha value is -3.39. The van der Waals surface area contributed by atoms with Gasteiger partial charge in [-0.15, -0.1) is 5.10 Å². The quantitative estimate of drug-likeness (QED) is 0.453. The van der Waals surface area contributed by atoms with Crippen molar-refractivity contribution in [2.24, 2.45) is 5.92 Å². The number of hydrogen-bond acceptors (Lipinski definition) is 6. The number of carbonyl (C=O) groups excluding carboxylic acids is 1. The Morgan fingerprint density at radius 3 is 2.68 bits per heavy atom. The molecule has 3 aromatic heterocycles. The third-order valence-electron chi connectivity index (χ3n) is 6.38. The van der Waals surface area contributed by atoms with E-state index in [0.29, 0.717) is 18.1 Å². The van der Waals surface area contributed by atoms with Crippen molar-refractivity contribution in [2.45, 2.75) is 40.2 Å². The lowest BCUT2D eigenvalue weighted by molar-refractivity contribution is -0.125. The number of halogens is 1. The first-order valence-electron chi connectivity index (χ1n) is 11.5. The number of carbonyl (C=O) groups is 1. The van der Waals surface area contributed by atoms with Gasteiger partial charge in [0.25, 0.3) is 0 Å². The minimum atomic E-state index is -0.137. The Morgan fingerprint density at radius 2 is 1.94 bits per heavy atom. The summed E-state index contributed by atoms with van der Waals surface area (Å²) >= 11 is 6.07. The van der Waals surface area contributed by atoms with Gasteiger partial charge in [-0.05, 0) is 70.0 Å². The predicted octanol–water partition coefficient (Wildman–Crippen LogP) is 4.52. The van der Waals surface area contributed by atoms with Crippen LogP contribution in [-0.2, 0) is 11.3 Å². The molecule has 4 heterocycles. The van der Waals surface area contributed by atoms with E-state index in [-0.39, 0.29) is 11.8 Å². The molecule has 9 heteroatoms. The highest BCUT2D eigenvalue weighted by atomic mass is 35.5. The Labute approximate surface area is 202 Å². The van der Waals surface area contributed by atoms with Gasteiger partial charge in [0.05, 0.1) is 34.9 Å². The van der Waals surface area contributed by atoms with Crippen LogP contribution in [0.1, 0.15) is 35.7 Å². The first kappa shape index (κ1) is 22.4. The van der Waals surface area contributed by atoms with Gasteiger partial charge < -0.3 is 14.6 Å². The second-order valence-electron chi connectivity index (χ2n) is 8.82. The predicted molar refractivity (Wildman–Crippen MR) is 131 cm³/mol. The summed E-state index contributed by atoms with van der Waals surface area (Å²) in [6, 6.07) is 11.4. The summed E-state index contributed by atoms with van der Waals surface area (Å²) in [5.41, 5.74) is 3.54. The second kappa shape index (κ2) is 9.10. The zero-order valence-electron chi connectivity index (χ0n) is 19.5. The van der Waals surface area contributed by atoms with Crippen LogP contribution in [0.5, 0.6) is 0 Å². The summed E-state index contributed by atoms with van der Waals surface area (Å²) in [4.78, 5) is 15.0. The lowest BCUT2D eigenvalue weighted by atomic mass is 9.97. The van der Waals surface area contributed by atoms with Crippen molar-refractivity contribution in [1.29, 1.82) is 0 Å². The molecule has 34 heavy (non-hydrogen) atoms. The van der Waals surface area contributed by atoms with Gasteiger partial charge in [-0.25, -0.2) is 4.68 Å². The lowest BCUT2D eigenvalue weighted by Gasteiger charge is -2.32. The Kier molecular flexibility index (Phi) is 6.00. The van der Waals surface area contributed by atoms with Gasteiger partial charge in [-0.1, -0.05) is 11.6 Å². The first-order chi connectivity index (χ1) is 16.4. The molecule has 1 amide bonds. The van der Waals surface area contributed by atoms with Gasteiger partial charge in [0.15, 0.2) is 5.82 Å². The molecule has 4 aromatic rings. The number of amides is 1. The van der Waals surface area contributed by atoms with Gasteiger partial charge in [0, 0.05) is 18.1 Å². The van der Waals surface area contributed by atoms with Crippen LogP contribution in [0.3, 0.4) is 0 Å². The molecule has 1 fully saturated rings. The summed E-state index contributed by atoms with van der Waals surface area (Å²) < 4.78 is 7.47. The van der Waals surface area contributed by atoms with Crippen molar-refractivity contribution in [3.05, 3.63) is 64.3 Å². The molecular weight excluding hydrogens is 452 g/mol. The largest absolute Gasteiger partial charge is 0.465 e. The van der Waals surface area contributed by atoms with Crippen molar-refractivity contribution in [1.82, 2.24) is 25.3 Å². The van der Waals surface area contributed by atoms with Crippen molar-refractivity contribution >= 4 is 34.2 Å². The van der Waals surface area contributed by atoms with Crippen LogP contribution in [0.4, 0.5) is 5.82 Å². The number of furan rings is 1. The highest BCUT2D eigenvalue weighted by Crippen LogP contribution is 2.31. The molecule has 5 rings (SSSR count). The molecule has 176 valence electrons. The fraction of sp³-hybridized carbons (Fsp3) is 0.360. The normalized spacial score (nSPS) is 16.2. The molecule has 1 N–H and O–H groups in total. The third kappa shape index (κ3) is 4.25. The maximum Gasteiger partial charge on any atom is 0.225 e. The van der Waals surface area contributed by atoms with E-state index in [4.69, 9.17) is 21.1 Å². The van der Waals surface area contributed by atoms with Gasteiger partial charge >= 0.3 is 0 Å². The second-order valence-corrected chi connectivity index (χ2v) is 9.26. The number of benzene rings is 1. The standard InChI is InChI=1S/C25H27ClN6O2/c1-15-6-11-21(34-15)13-27-25(33)18-5-4-12-31(14-18)24-23-22(16(2)28-29-24)17(3)32(30-23)20-9-7-19(26)8-10-20/h6-11,18H,4-5,12-14H2,1-3H3,(H,27,33). The van der Waals surface area contributed by atoms with E-state index in [1.165, 1.54) is 0 Å². The third-order valence-corrected chi connectivity index (χ3v) is 6.63. The molecule has 0 saturated carbocycles. The molecule has 1 aliphatic rings. The average Bonchev–Trinajstić information content (AvgIpc) is 3.42. The molecule has 0 bridgehead atoms. The van der Waals surface area contributed by atoms with Crippen molar-refractivity contribution < 1.29 is 9.21 Å². The minimum Gasteiger partial charge on any atom is -0.465 e. The van der Waals surface area contributed by atoms with E-state index in [9.17, 15) is 4.79 Å². The van der Waals surface area contributed by atoms with Crippen LogP contribution in [-0.4, -0.2) is 39.0 Å². The summed E-state index contributed by atoms with van der Waals surface area (Å²) in [6.07, 6.45) is 1.73. The molecule has 0 aliphatic carbocycles. The number of fused-ring (bicyclic) bond motifs is 1. The van der Waals surface area contributed by atoms with E-state index in [1.54, 1.807) is 0 Å². The number of anilines is 1. The smallest absolute Gasteiger partial charge is 0.225 e. The monoisotopic (exact) mass is 478 g/mol. The van der Waals surface area contributed by atoms with Crippen molar-refractivity contribution in [3.63, 3.8) is 0 Å². The first-order valence-corrected chi connectivity index (χ1v) is 11.8. The van der Waals surface area contributed by atoms with Crippen molar-refractivity contribution in [2.75, 3.05) is 18.0 Å². The number of hydrogen-bond donors (Lipinski definition) is 1. The van der Waals surface area contributed by atoms with Crippen molar-refractivity contribution in [3.8, 4) is 5.69 Å². The average molecular weight is 479 g/mol. The molecule has 0 radical (unpaired) electrons. The zero-order valence-corrected chi connectivity index (χ0v) is 20.3. The zero-order chi connectivity index (χ0) is 23.8. The molecule has 0 spiro atoms. The number of nitrogens with zero attached hydrogens (tertiary/aromatic N) is 5. The van der Waals surface area contributed by atoms with Crippen LogP contribution in [0, 0.1) is 26.7 Å². The molecule has 1 aromatic carbocycles. The molecule has 1 aliphatic heterocycles. The van der Waals surface area contributed by atoms with Crippen LogP contribution in [0.15, 0.2) is 40.8 Å². The summed E-state index contributed by atoms with van der Waals surface area (Å²) in [7, 11) is 0. The van der Waals surface area contributed by atoms with Crippen LogP contribution >= 0.6 is 11.6 Å². The van der Waals surface area contributed by atoms with Crippen LogP contribution in [0.2, 0.25) is 5.02 Å². The molecule has 1 atom stereocenters. The molecule has 1 saturated heterocycles. The Bertz CT molecular complexity index is 1340. The molecular formula is C25H27ClN6O2. The van der Waals surface area contributed by atoms with E-state index in [2.05, 4.69) is 20.4 Å². The van der Waals surface area contributed by atoms with Crippen LogP contribution in [0.25, 0.3) is 16.6 Å². The van der Waals surface area contributed by atoms with Gasteiger partial charge in [-0.3, -0.25) is 4.79 Å². The number of aromatic nitrogens is 4. The highest BCUT2D eigenvalue weighted by molar-refractivity contribution is 6.30. The van der Waals surface area contributed by atoms with E-state index < -0.39 is 0 Å². The topological polar surface area (TPSA) is 89.1 Å².